The van der Waals surface area contributed by atoms with E-state index in [1.54, 1.807) is 18.2 Å². The summed E-state index contributed by atoms with van der Waals surface area (Å²) in [5, 5.41) is 8.78. The first-order chi connectivity index (χ1) is 14.4. The molecule has 0 saturated carbocycles. The van der Waals surface area contributed by atoms with Crippen LogP contribution in [-0.2, 0) is 9.53 Å². The number of aryl methyl sites for hydroxylation is 2. The lowest BCUT2D eigenvalue weighted by Gasteiger charge is -2.14. The predicted molar refractivity (Wildman–Crippen MR) is 119 cm³/mol. The highest BCUT2D eigenvalue weighted by molar-refractivity contribution is 6.10. The van der Waals surface area contributed by atoms with Gasteiger partial charge in [0.1, 0.15) is 0 Å². The lowest BCUT2D eigenvalue weighted by Crippen LogP contribution is -2.36. The molecular formula is C23H28N4O3. The SMILES string of the molecule is CC(=O)Nc1cc(C(=O)NC(=NCC2CCCO2)Nc2ccc(C)cc2)ccc1C. The van der Waals surface area contributed by atoms with Crippen molar-refractivity contribution in [2.24, 2.45) is 4.99 Å². The van der Waals surface area contributed by atoms with Crippen LogP contribution in [-0.4, -0.2) is 37.0 Å². The molecule has 3 rings (SSSR count). The number of benzene rings is 2. The number of amides is 2. The molecule has 3 N–H and O–H groups in total. The van der Waals surface area contributed by atoms with Gasteiger partial charge in [-0.2, -0.15) is 0 Å². The van der Waals surface area contributed by atoms with Gasteiger partial charge in [0.2, 0.25) is 11.9 Å². The fourth-order valence-electron chi connectivity index (χ4n) is 3.13. The summed E-state index contributed by atoms with van der Waals surface area (Å²) in [6, 6.07) is 13.0. The summed E-state index contributed by atoms with van der Waals surface area (Å²) < 4.78 is 5.64. The second-order valence-electron chi connectivity index (χ2n) is 7.48. The Labute approximate surface area is 176 Å². The topological polar surface area (TPSA) is 91.8 Å². The Morgan fingerprint density at radius 2 is 1.87 bits per heavy atom. The van der Waals surface area contributed by atoms with E-state index in [2.05, 4.69) is 20.9 Å². The zero-order valence-electron chi connectivity index (χ0n) is 17.6. The number of carbonyl (C=O) groups is 2. The molecule has 7 heteroatoms. The van der Waals surface area contributed by atoms with Gasteiger partial charge < -0.3 is 15.4 Å². The van der Waals surface area contributed by atoms with Crippen LogP contribution in [0.2, 0.25) is 0 Å². The molecule has 0 radical (unpaired) electrons. The molecule has 0 bridgehead atoms. The number of guanidine groups is 1. The van der Waals surface area contributed by atoms with E-state index in [0.29, 0.717) is 23.8 Å². The third kappa shape index (κ3) is 6.15. The first-order valence-corrected chi connectivity index (χ1v) is 10.1. The summed E-state index contributed by atoms with van der Waals surface area (Å²) in [4.78, 5) is 28.8. The van der Waals surface area contributed by atoms with Gasteiger partial charge in [0.15, 0.2) is 0 Å². The zero-order chi connectivity index (χ0) is 21.5. The van der Waals surface area contributed by atoms with Gasteiger partial charge in [-0.05, 0) is 56.5 Å². The first-order valence-electron chi connectivity index (χ1n) is 10.1. The quantitative estimate of drug-likeness (QED) is 0.520. The van der Waals surface area contributed by atoms with Crippen LogP contribution < -0.4 is 16.0 Å². The fourth-order valence-corrected chi connectivity index (χ4v) is 3.13. The Bertz CT molecular complexity index is 932. The van der Waals surface area contributed by atoms with Crippen molar-refractivity contribution in [3.63, 3.8) is 0 Å². The first kappa shape index (κ1) is 21.5. The molecule has 30 heavy (non-hydrogen) atoms. The molecule has 0 spiro atoms. The standard InChI is InChI=1S/C23H28N4O3/c1-15-6-10-19(11-7-15)26-23(24-14-20-5-4-12-30-20)27-22(29)18-9-8-16(2)21(13-18)25-17(3)28/h6-11,13,20H,4-5,12,14H2,1-3H3,(H,25,28)(H2,24,26,27,29). The molecule has 2 aromatic rings. The number of rotatable bonds is 5. The maximum atomic E-state index is 12.9. The van der Waals surface area contributed by atoms with Crippen molar-refractivity contribution in [3.8, 4) is 0 Å². The highest BCUT2D eigenvalue weighted by atomic mass is 16.5. The molecule has 0 aromatic heterocycles. The number of ether oxygens (including phenoxy) is 1. The molecule has 158 valence electrons. The van der Waals surface area contributed by atoms with Crippen molar-refractivity contribution in [1.29, 1.82) is 0 Å². The molecule has 7 nitrogen and oxygen atoms in total. The summed E-state index contributed by atoms with van der Waals surface area (Å²) in [5.41, 5.74) is 3.90. The van der Waals surface area contributed by atoms with Gasteiger partial charge in [-0.15, -0.1) is 0 Å². The van der Waals surface area contributed by atoms with E-state index in [4.69, 9.17) is 4.74 Å². The van der Waals surface area contributed by atoms with Crippen molar-refractivity contribution in [1.82, 2.24) is 5.32 Å². The van der Waals surface area contributed by atoms with Crippen molar-refractivity contribution < 1.29 is 14.3 Å². The van der Waals surface area contributed by atoms with E-state index in [1.165, 1.54) is 6.92 Å². The number of anilines is 2. The maximum Gasteiger partial charge on any atom is 0.258 e. The minimum atomic E-state index is -0.313. The number of hydrogen-bond donors (Lipinski definition) is 3. The summed E-state index contributed by atoms with van der Waals surface area (Å²) in [5.74, 6) is -0.135. The van der Waals surface area contributed by atoms with Crippen molar-refractivity contribution >= 4 is 29.1 Å². The number of nitrogens with one attached hydrogen (secondary N) is 3. The molecular weight excluding hydrogens is 380 g/mol. The van der Waals surface area contributed by atoms with Crippen LogP contribution in [0.3, 0.4) is 0 Å². The van der Waals surface area contributed by atoms with Gasteiger partial charge in [-0.1, -0.05) is 23.8 Å². The lowest BCUT2D eigenvalue weighted by atomic mass is 10.1. The van der Waals surface area contributed by atoms with E-state index in [-0.39, 0.29) is 17.9 Å². The van der Waals surface area contributed by atoms with Gasteiger partial charge in [0.25, 0.3) is 5.91 Å². The number of nitrogens with zero attached hydrogens (tertiary/aromatic N) is 1. The molecule has 1 aliphatic heterocycles. The minimum absolute atomic E-state index is 0.0717. The van der Waals surface area contributed by atoms with Crippen LogP contribution in [0.1, 0.15) is 41.3 Å². The Hall–Kier alpha value is -3.19. The number of aliphatic imine (C=N–C) groups is 1. The van der Waals surface area contributed by atoms with E-state index in [0.717, 1.165) is 36.3 Å². The van der Waals surface area contributed by atoms with Gasteiger partial charge in [0.05, 0.1) is 12.6 Å². The normalized spacial score (nSPS) is 16.2. The van der Waals surface area contributed by atoms with Gasteiger partial charge in [-0.3, -0.25) is 14.9 Å². The number of hydrogen-bond acceptors (Lipinski definition) is 4. The predicted octanol–water partition coefficient (Wildman–Crippen LogP) is 3.64. The maximum absolute atomic E-state index is 12.9. The Morgan fingerprint density at radius 3 is 2.53 bits per heavy atom. The molecule has 1 unspecified atom stereocenters. The smallest absolute Gasteiger partial charge is 0.258 e. The second kappa shape index (κ2) is 10.0. The minimum Gasteiger partial charge on any atom is -0.376 e. The largest absolute Gasteiger partial charge is 0.376 e. The molecule has 0 aliphatic carbocycles. The highest BCUT2D eigenvalue weighted by Gasteiger charge is 2.16. The fraction of sp³-hybridized carbons (Fsp3) is 0.348. The van der Waals surface area contributed by atoms with Crippen LogP contribution in [0, 0.1) is 13.8 Å². The molecule has 1 fully saturated rings. The molecule has 2 aromatic carbocycles. The van der Waals surface area contributed by atoms with Crippen LogP contribution in [0.4, 0.5) is 11.4 Å². The van der Waals surface area contributed by atoms with E-state index in [1.807, 2.05) is 38.1 Å². The zero-order valence-corrected chi connectivity index (χ0v) is 17.6. The second-order valence-corrected chi connectivity index (χ2v) is 7.48. The molecule has 1 heterocycles. The summed E-state index contributed by atoms with van der Waals surface area (Å²) in [6.45, 7) is 6.55. The summed E-state index contributed by atoms with van der Waals surface area (Å²) in [7, 11) is 0. The lowest BCUT2D eigenvalue weighted by molar-refractivity contribution is -0.114. The van der Waals surface area contributed by atoms with E-state index >= 15 is 0 Å². The Balaban J connectivity index is 1.77. The van der Waals surface area contributed by atoms with Gasteiger partial charge in [-0.25, -0.2) is 4.99 Å². The average molecular weight is 409 g/mol. The van der Waals surface area contributed by atoms with Crippen LogP contribution in [0.15, 0.2) is 47.5 Å². The van der Waals surface area contributed by atoms with Crippen molar-refractivity contribution in [2.75, 3.05) is 23.8 Å². The molecule has 1 saturated heterocycles. The van der Waals surface area contributed by atoms with Crippen molar-refractivity contribution in [2.45, 2.75) is 39.7 Å². The summed E-state index contributed by atoms with van der Waals surface area (Å²) in [6.07, 6.45) is 2.07. The third-order valence-electron chi connectivity index (χ3n) is 4.83. The number of carbonyl (C=O) groups excluding carboxylic acids is 2. The van der Waals surface area contributed by atoms with Crippen LogP contribution in [0.25, 0.3) is 0 Å². The van der Waals surface area contributed by atoms with E-state index < -0.39 is 0 Å². The van der Waals surface area contributed by atoms with E-state index in [9.17, 15) is 9.59 Å². The summed E-state index contributed by atoms with van der Waals surface area (Å²) >= 11 is 0. The van der Waals surface area contributed by atoms with Gasteiger partial charge >= 0.3 is 0 Å². The molecule has 2 amide bonds. The Morgan fingerprint density at radius 1 is 1.10 bits per heavy atom. The van der Waals surface area contributed by atoms with Crippen LogP contribution >= 0.6 is 0 Å². The highest BCUT2D eigenvalue weighted by Crippen LogP contribution is 2.17. The molecule has 1 aliphatic rings. The van der Waals surface area contributed by atoms with Crippen molar-refractivity contribution in [3.05, 3.63) is 59.2 Å². The van der Waals surface area contributed by atoms with Gasteiger partial charge in [0, 0.05) is 30.5 Å². The average Bonchev–Trinajstić information content (AvgIpc) is 3.23. The molecule has 1 atom stereocenters. The third-order valence-corrected chi connectivity index (χ3v) is 4.83. The van der Waals surface area contributed by atoms with Crippen LogP contribution in [0.5, 0.6) is 0 Å². The monoisotopic (exact) mass is 408 g/mol. The Kier molecular flexibility index (Phi) is 7.19.